The van der Waals surface area contributed by atoms with Gasteiger partial charge >= 0.3 is 0 Å². The van der Waals surface area contributed by atoms with Gasteiger partial charge in [-0.3, -0.25) is 4.79 Å². The summed E-state index contributed by atoms with van der Waals surface area (Å²) in [6, 6.07) is 0. The van der Waals surface area contributed by atoms with E-state index in [1.54, 1.807) is 0 Å². The number of carbonyl (C=O) groups is 1. The molecule has 0 N–H and O–H groups in total. The van der Waals surface area contributed by atoms with Gasteiger partial charge in [0.2, 0.25) is 0 Å². The monoisotopic (exact) mass is 244 g/mol. The van der Waals surface area contributed by atoms with E-state index in [0.29, 0.717) is 24.0 Å². The first-order valence-corrected chi connectivity index (χ1v) is 6.73. The molecule has 98 valence electrons. The lowest BCUT2D eigenvalue weighted by molar-refractivity contribution is -0.123. The van der Waals surface area contributed by atoms with E-state index in [1.807, 2.05) is 31.2 Å². The highest BCUT2D eigenvalue weighted by atomic mass is 16.1. The van der Waals surface area contributed by atoms with Crippen molar-refractivity contribution in [3.63, 3.8) is 0 Å². The fourth-order valence-corrected chi connectivity index (χ4v) is 2.32. The molecule has 0 saturated heterocycles. The Kier molecular flexibility index (Phi) is 5.84. The van der Waals surface area contributed by atoms with Crippen molar-refractivity contribution in [2.24, 2.45) is 23.7 Å². The summed E-state index contributed by atoms with van der Waals surface area (Å²) in [6.45, 7) is 9.97. The lowest BCUT2D eigenvalue weighted by atomic mass is 9.80. The van der Waals surface area contributed by atoms with Crippen LogP contribution < -0.4 is 0 Å². The molecule has 4 unspecified atom stereocenters. The van der Waals surface area contributed by atoms with E-state index >= 15 is 0 Å². The van der Waals surface area contributed by atoms with Gasteiger partial charge in [0, 0.05) is 12.3 Å². The van der Waals surface area contributed by atoms with E-state index in [-0.39, 0.29) is 11.8 Å². The normalized spacial score (nSPS) is 26.2. The Balaban J connectivity index is 2.70. The Bertz CT molecular complexity index is 373. The minimum absolute atomic E-state index is 0.0287. The van der Waals surface area contributed by atoms with E-state index in [9.17, 15) is 4.79 Å². The molecule has 0 heterocycles. The van der Waals surface area contributed by atoms with Gasteiger partial charge in [-0.25, -0.2) is 0 Å². The number of Topliss-reactive ketones (excluding diaryl/α,β-unsaturated/α-hetero) is 1. The van der Waals surface area contributed by atoms with Crippen LogP contribution in [0.4, 0.5) is 0 Å². The summed E-state index contributed by atoms with van der Waals surface area (Å²) < 4.78 is 0. The molecule has 1 rings (SSSR count). The van der Waals surface area contributed by atoms with Crippen LogP contribution >= 0.6 is 0 Å². The van der Waals surface area contributed by atoms with Gasteiger partial charge in [0.05, 0.1) is 0 Å². The second-order valence-corrected chi connectivity index (χ2v) is 5.11. The minimum Gasteiger partial charge on any atom is -0.299 e. The number of carbonyl (C=O) groups excluding carboxylic acids is 1. The summed E-state index contributed by atoms with van der Waals surface area (Å²) in [5.41, 5.74) is 0. The lowest BCUT2D eigenvalue weighted by Gasteiger charge is -2.23. The first-order chi connectivity index (χ1) is 8.60. The minimum atomic E-state index is -0.0287. The van der Waals surface area contributed by atoms with Gasteiger partial charge in [-0.05, 0) is 24.7 Å². The SMILES string of the molecule is C=CC(C)C(/C=C\C)C(=O)CC1C=CC=CC1C. The smallest absolute Gasteiger partial charge is 0.140 e. The van der Waals surface area contributed by atoms with Crippen molar-refractivity contribution in [3.05, 3.63) is 49.1 Å². The topological polar surface area (TPSA) is 17.1 Å². The van der Waals surface area contributed by atoms with Crippen LogP contribution in [0.3, 0.4) is 0 Å². The number of hydrogen-bond donors (Lipinski definition) is 0. The standard InChI is InChI=1S/C17H24O/c1-5-9-16(13(3)6-2)17(18)12-15-11-8-7-10-14(15)4/h5-11,13-16H,2,12H2,1,3-4H3/b9-5-. The van der Waals surface area contributed by atoms with Crippen LogP contribution in [0.5, 0.6) is 0 Å². The molecule has 0 aliphatic heterocycles. The van der Waals surface area contributed by atoms with Crippen LogP contribution in [0.25, 0.3) is 0 Å². The van der Waals surface area contributed by atoms with E-state index in [1.165, 1.54) is 0 Å². The Morgan fingerprint density at radius 3 is 2.61 bits per heavy atom. The van der Waals surface area contributed by atoms with Gasteiger partial charge in [-0.2, -0.15) is 0 Å². The molecule has 0 saturated carbocycles. The molecular formula is C17H24O. The van der Waals surface area contributed by atoms with Crippen molar-refractivity contribution in [2.45, 2.75) is 27.2 Å². The van der Waals surface area contributed by atoms with E-state index in [0.717, 1.165) is 0 Å². The van der Waals surface area contributed by atoms with Gasteiger partial charge in [0.25, 0.3) is 0 Å². The summed E-state index contributed by atoms with van der Waals surface area (Å²) >= 11 is 0. The third kappa shape index (κ3) is 3.83. The van der Waals surface area contributed by atoms with E-state index in [2.05, 4.69) is 38.7 Å². The molecule has 1 aliphatic rings. The first kappa shape index (κ1) is 14.7. The molecule has 4 atom stereocenters. The third-order valence-electron chi connectivity index (χ3n) is 3.71. The van der Waals surface area contributed by atoms with Gasteiger partial charge in [-0.1, -0.05) is 56.4 Å². The summed E-state index contributed by atoms with van der Waals surface area (Å²) in [5, 5.41) is 0. The highest BCUT2D eigenvalue weighted by Crippen LogP contribution is 2.26. The maximum Gasteiger partial charge on any atom is 0.140 e. The number of rotatable bonds is 6. The zero-order valence-corrected chi connectivity index (χ0v) is 11.7. The Labute approximate surface area is 111 Å². The third-order valence-corrected chi connectivity index (χ3v) is 3.71. The molecule has 1 aliphatic carbocycles. The van der Waals surface area contributed by atoms with Crippen LogP contribution in [-0.4, -0.2) is 5.78 Å². The second kappa shape index (κ2) is 7.15. The van der Waals surface area contributed by atoms with E-state index < -0.39 is 0 Å². The van der Waals surface area contributed by atoms with Crippen LogP contribution in [0.15, 0.2) is 49.1 Å². The molecule has 0 aromatic heterocycles. The maximum absolute atomic E-state index is 12.4. The Morgan fingerprint density at radius 2 is 2.06 bits per heavy atom. The van der Waals surface area contributed by atoms with Crippen LogP contribution in [0.1, 0.15) is 27.2 Å². The zero-order chi connectivity index (χ0) is 13.5. The van der Waals surface area contributed by atoms with Gasteiger partial charge in [-0.15, -0.1) is 6.58 Å². The van der Waals surface area contributed by atoms with Crippen molar-refractivity contribution in [1.29, 1.82) is 0 Å². The maximum atomic E-state index is 12.4. The lowest BCUT2D eigenvalue weighted by Crippen LogP contribution is -2.23. The summed E-state index contributed by atoms with van der Waals surface area (Å²) in [6.07, 6.45) is 14.9. The fourth-order valence-electron chi connectivity index (χ4n) is 2.32. The molecule has 0 aromatic carbocycles. The molecule has 0 aromatic rings. The predicted molar refractivity (Wildman–Crippen MR) is 78.2 cm³/mol. The highest BCUT2D eigenvalue weighted by molar-refractivity contribution is 5.83. The highest BCUT2D eigenvalue weighted by Gasteiger charge is 2.24. The molecule has 0 amide bonds. The van der Waals surface area contributed by atoms with Gasteiger partial charge < -0.3 is 0 Å². The van der Waals surface area contributed by atoms with Crippen molar-refractivity contribution in [1.82, 2.24) is 0 Å². The quantitative estimate of drug-likeness (QED) is 0.635. The number of ketones is 1. The largest absolute Gasteiger partial charge is 0.299 e. The molecule has 0 spiro atoms. The molecule has 1 nitrogen and oxygen atoms in total. The molecule has 1 heteroatoms. The summed E-state index contributed by atoms with van der Waals surface area (Å²) in [5.74, 6) is 1.28. The van der Waals surface area contributed by atoms with Crippen LogP contribution in [0.2, 0.25) is 0 Å². The summed E-state index contributed by atoms with van der Waals surface area (Å²) in [7, 11) is 0. The fraction of sp³-hybridized carbons (Fsp3) is 0.471. The molecule has 0 bridgehead atoms. The molecule has 18 heavy (non-hydrogen) atoms. The Hall–Kier alpha value is -1.37. The predicted octanol–water partition coefficient (Wildman–Crippen LogP) is 4.34. The second-order valence-electron chi connectivity index (χ2n) is 5.11. The van der Waals surface area contributed by atoms with Gasteiger partial charge in [0.1, 0.15) is 5.78 Å². The molecular weight excluding hydrogens is 220 g/mol. The zero-order valence-electron chi connectivity index (χ0n) is 11.7. The van der Waals surface area contributed by atoms with Crippen molar-refractivity contribution < 1.29 is 4.79 Å². The average Bonchev–Trinajstić information content (AvgIpc) is 2.37. The van der Waals surface area contributed by atoms with Crippen LogP contribution in [-0.2, 0) is 4.79 Å². The number of hydrogen-bond acceptors (Lipinski definition) is 1. The van der Waals surface area contributed by atoms with Crippen molar-refractivity contribution >= 4 is 5.78 Å². The molecule has 0 fully saturated rings. The van der Waals surface area contributed by atoms with Crippen molar-refractivity contribution in [2.75, 3.05) is 0 Å². The van der Waals surface area contributed by atoms with Crippen molar-refractivity contribution in [3.8, 4) is 0 Å². The first-order valence-electron chi connectivity index (χ1n) is 6.73. The molecule has 0 radical (unpaired) electrons. The Morgan fingerprint density at radius 1 is 1.39 bits per heavy atom. The summed E-state index contributed by atoms with van der Waals surface area (Å²) in [4.78, 5) is 12.4. The average molecular weight is 244 g/mol. The van der Waals surface area contributed by atoms with E-state index in [4.69, 9.17) is 0 Å². The van der Waals surface area contributed by atoms with Crippen LogP contribution in [0, 0.1) is 23.7 Å². The van der Waals surface area contributed by atoms with Gasteiger partial charge in [0.15, 0.2) is 0 Å². The number of allylic oxidation sites excluding steroid dienone is 7.